The van der Waals surface area contributed by atoms with Crippen LogP contribution in [0.25, 0.3) is 0 Å². The van der Waals surface area contributed by atoms with Crippen LogP contribution in [0.1, 0.15) is 25.8 Å². The van der Waals surface area contributed by atoms with Gasteiger partial charge < -0.3 is 14.8 Å². The molecule has 0 amide bonds. The standard InChI is InChI=1S/C15H22FNO3/c1-4-8-17-14(15(18)19-5-2)10-20-12-7-6-11(3)13(16)9-12/h6-7,9,14,17H,4-5,8,10H2,1-3H3. The van der Waals surface area contributed by atoms with E-state index in [0.717, 1.165) is 6.42 Å². The SMILES string of the molecule is CCCNC(COc1ccc(C)c(F)c1)C(=O)OCC. The second-order valence-corrected chi connectivity index (χ2v) is 4.48. The maximum absolute atomic E-state index is 13.4. The summed E-state index contributed by atoms with van der Waals surface area (Å²) in [5, 5.41) is 3.06. The van der Waals surface area contributed by atoms with Gasteiger partial charge in [-0.2, -0.15) is 0 Å². The average Bonchev–Trinajstić information content (AvgIpc) is 2.43. The Morgan fingerprint density at radius 3 is 2.75 bits per heavy atom. The molecule has 0 bridgehead atoms. The van der Waals surface area contributed by atoms with Gasteiger partial charge in [0.2, 0.25) is 0 Å². The topological polar surface area (TPSA) is 47.6 Å². The Morgan fingerprint density at radius 1 is 1.40 bits per heavy atom. The molecule has 1 atom stereocenters. The van der Waals surface area contributed by atoms with E-state index in [-0.39, 0.29) is 18.4 Å². The molecule has 1 N–H and O–H groups in total. The maximum Gasteiger partial charge on any atom is 0.326 e. The molecule has 20 heavy (non-hydrogen) atoms. The number of nitrogens with one attached hydrogen (secondary N) is 1. The predicted octanol–water partition coefficient (Wildman–Crippen LogP) is 2.44. The lowest BCUT2D eigenvalue weighted by Gasteiger charge is -2.17. The largest absolute Gasteiger partial charge is 0.491 e. The number of rotatable bonds is 8. The Morgan fingerprint density at radius 2 is 2.15 bits per heavy atom. The fourth-order valence-electron chi connectivity index (χ4n) is 1.61. The third-order valence-electron chi connectivity index (χ3n) is 2.77. The van der Waals surface area contributed by atoms with Crippen molar-refractivity contribution >= 4 is 5.97 Å². The molecule has 1 aromatic carbocycles. The molecule has 1 rings (SSSR count). The van der Waals surface area contributed by atoms with Gasteiger partial charge in [-0.25, -0.2) is 4.39 Å². The van der Waals surface area contributed by atoms with Crippen LogP contribution < -0.4 is 10.1 Å². The third-order valence-corrected chi connectivity index (χ3v) is 2.77. The summed E-state index contributed by atoms with van der Waals surface area (Å²) >= 11 is 0. The van der Waals surface area contributed by atoms with Gasteiger partial charge in [-0.3, -0.25) is 4.79 Å². The first-order chi connectivity index (χ1) is 9.58. The molecule has 0 heterocycles. The molecule has 0 aliphatic rings. The van der Waals surface area contributed by atoms with E-state index in [0.29, 0.717) is 24.5 Å². The van der Waals surface area contributed by atoms with E-state index in [2.05, 4.69) is 5.32 Å². The van der Waals surface area contributed by atoms with E-state index in [1.54, 1.807) is 26.0 Å². The zero-order valence-corrected chi connectivity index (χ0v) is 12.2. The highest BCUT2D eigenvalue weighted by atomic mass is 19.1. The Balaban J connectivity index is 2.60. The van der Waals surface area contributed by atoms with Crippen molar-refractivity contribution in [1.82, 2.24) is 5.32 Å². The third kappa shape index (κ3) is 5.17. The van der Waals surface area contributed by atoms with Crippen LogP contribution in [0.2, 0.25) is 0 Å². The molecule has 4 nitrogen and oxygen atoms in total. The minimum absolute atomic E-state index is 0.112. The van der Waals surface area contributed by atoms with Crippen molar-refractivity contribution in [3.63, 3.8) is 0 Å². The van der Waals surface area contributed by atoms with Crippen molar-refractivity contribution in [2.24, 2.45) is 0 Å². The molecule has 1 unspecified atom stereocenters. The summed E-state index contributed by atoms with van der Waals surface area (Å²) in [4.78, 5) is 11.8. The summed E-state index contributed by atoms with van der Waals surface area (Å²) in [6.07, 6.45) is 0.898. The van der Waals surface area contributed by atoms with Crippen LogP contribution in [0.3, 0.4) is 0 Å². The van der Waals surface area contributed by atoms with Crippen LogP contribution in [0.5, 0.6) is 5.75 Å². The zero-order valence-electron chi connectivity index (χ0n) is 12.2. The highest BCUT2D eigenvalue weighted by Gasteiger charge is 2.19. The number of aryl methyl sites for hydroxylation is 1. The Bertz CT molecular complexity index is 437. The van der Waals surface area contributed by atoms with Crippen molar-refractivity contribution in [2.75, 3.05) is 19.8 Å². The number of benzene rings is 1. The average molecular weight is 283 g/mol. The number of carbonyl (C=O) groups excluding carboxylic acids is 1. The van der Waals surface area contributed by atoms with Crippen molar-refractivity contribution in [3.8, 4) is 5.75 Å². The first-order valence-corrected chi connectivity index (χ1v) is 6.87. The van der Waals surface area contributed by atoms with E-state index in [1.807, 2.05) is 6.92 Å². The molecule has 0 aromatic heterocycles. The number of hydrogen-bond donors (Lipinski definition) is 1. The Kier molecular flexibility index (Phi) is 7.01. The molecule has 0 saturated carbocycles. The first kappa shape index (κ1) is 16.4. The van der Waals surface area contributed by atoms with Crippen LogP contribution in [0.4, 0.5) is 4.39 Å². The summed E-state index contributed by atoms with van der Waals surface area (Å²) < 4.78 is 23.8. The van der Waals surface area contributed by atoms with E-state index in [9.17, 15) is 9.18 Å². The van der Waals surface area contributed by atoms with Crippen LogP contribution in [-0.2, 0) is 9.53 Å². The number of carbonyl (C=O) groups is 1. The summed E-state index contributed by atoms with van der Waals surface area (Å²) in [5.41, 5.74) is 0.559. The fraction of sp³-hybridized carbons (Fsp3) is 0.533. The van der Waals surface area contributed by atoms with Gasteiger partial charge in [0.1, 0.15) is 24.2 Å². The Hall–Kier alpha value is -1.62. The van der Waals surface area contributed by atoms with E-state index in [4.69, 9.17) is 9.47 Å². The fourth-order valence-corrected chi connectivity index (χ4v) is 1.61. The van der Waals surface area contributed by atoms with Crippen molar-refractivity contribution in [1.29, 1.82) is 0 Å². The molecule has 0 saturated heterocycles. The summed E-state index contributed by atoms with van der Waals surface area (Å²) in [6, 6.07) is 4.10. The minimum Gasteiger partial charge on any atom is -0.491 e. The van der Waals surface area contributed by atoms with Gasteiger partial charge in [0, 0.05) is 6.07 Å². The summed E-state index contributed by atoms with van der Waals surface area (Å²) in [5.74, 6) is -0.272. The summed E-state index contributed by atoms with van der Waals surface area (Å²) in [6.45, 7) is 6.57. The first-order valence-electron chi connectivity index (χ1n) is 6.87. The number of halogens is 1. The highest BCUT2D eigenvalue weighted by Crippen LogP contribution is 2.16. The highest BCUT2D eigenvalue weighted by molar-refractivity contribution is 5.76. The lowest BCUT2D eigenvalue weighted by Crippen LogP contribution is -2.43. The lowest BCUT2D eigenvalue weighted by atomic mass is 10.2. The lowest BCUT2D eigenvalue weighted by molar-refractivity contribution is -0.146. The smallest absolute Gasteiger partial charge is 0.326 e. The van der Waals surface area contributed by atoms with Gasteiger partial charge in [0.15, 0.2) is 0 Å². The quantitative estimate of drug-likeness (QED) is 0.744. The van der Waals surface area contributed by atoms with Gasteiger partial charge in [-0.05, 0) is 38.4 Å². The van der Waals surface area contributed by atoms with Gasteiger partial charge in [-0.15, -0.1) is 0 Å². The van der Waals surface area contributed by atoms with Crippen LogP contribution in [0.15, 0.2) is 18.2 Å². The zero-order chi connectivity index (χ0) is 15.0. The van der Waals surface area contributed by atoms with E-state index < -0.39 is 6.04 Å². The minimum atomic E-state index is -0.542. The summed E-state index contributed by atoms with van der Waals surface area (Å²) in [7, 11) is 0. The van der Waals surface area contributed by atoms with Crippen LogP contribution in [0, 0.1) is 12.7 Å². The van der Waals surface area contributed by atoms with Gasteiger partial charge in [0.05, 0.1) is 6.61 Å². The number of esters is 1. The second-order valence-electron chi connectivity index (χ2n) is 4.48. The number of ether oxygens (including phenoxy) is 2. The van der Waals surface area contributed by atoms with Crippen LogP contribution >= 0.6 is 0 Å². The molecular weight excluding hydrogens is 261 g/mol. The van der Waals surface area contributed by atoms with Crippen molar-refractivity contribution in [2.45, 2.75) is 33.2 Å². The van der Waals surface area contributed by atoms with Crippen molar-refractivity contribution < 1.29 is 18.7 Å². The molecular formula is C15H22FNO3. The van der Waals surface area contributed by atoms with Gasteiger partial charge in [-0.1, -0.05) is 13.0 Å². The predicted molar refractivity (Wildman–Crippen MR) is 75.3 cm³/mol. The Labute approximate surface area is 119 Å². The van der Waals surface area contributed by atoms with Gasteiger partial charge >= 0.3 is 5.97 Å². The second kappa shape index (κ2) is 8.53. The normalized spacial score (nSPS) is 12.0. The number of hydrogen-bond acceptors (Lipinski definition) is 4. The monoisotopic (exact) mass is 283 g/mol. The molecule has 0 aliphatic carbocycles. The maximum atomic E-state index is 13.4. The molecule has 1 aromatic rings. The molecule has 0 fully saturated rings. The molecule has 112 valence electrons. The molecule has 0 spiro atoms. The molecule has 0 radical (unpaired) electrons. The van der Waals surface area contributed by atoms with Crippen LogP contribution in [-0.4, -0.2) is 31.8 Å². The van der Waals surface area contributed by atoms with Gasteiger partial charge in [0.25, 0.3) is 0 Å². The van der Waals surface area contributed by atoms with Crippen molar-refractivity contribution in [3.05, 3.63) is 29.6 Å². The molecule has 5 heteroatoms. The van der Waals surface area contributed by atoms with E-state index in [1.165, 1.54) is 6.07 Å². The molecule has 0 aliphatic heterocycles. The van der Waals surface area contributed by atoms with E-state index >= 15 is 0 Å².